The second-order valence-corrected chi connectivity index (χ2v) is 21.1. The van der Waals surface area contributed by atoms with Gasteiger partial charge in [0.1, 0.15) is 17.3 Å². The molecule has 4 fully saturated rings. The summed E-state index contributed by atoms with van der Waals surface area (Å²) in [6, 6.07) is 0. The van der Waals surface area contributed by atoms with E-state index in [-0.39, 0.29) is 79.6 Å². The van der Waals surface area contributed by atoms with Crippen LogP contribution in [0, 0.1) is 45.3 Å². The molecule has 4 aliphatic carbocycles. The van der Waals surface area contributed by atoms with Gasteiger partial charge in [0.15, 0.2) is 6.10 Å². The van der Waals surface area contributed by atoms with E-state index in [9.17, 15) is 32.3 Å². The molecule has 4 saturated carbocycles. The minimum absolute atomic E-state index is 0. The summed E-state index contributed by atoms with van der Waals surface area (Å²) in [6.45, 7) is 31.0. The number of hydrogen-bond donors (Lipinski definition) is 0. The van der Waals surface area contributed by atoms with Crippen LogP contribution in [0.3, 0.4) is 0 Å². The zero-order valence-corrected chi connectivity index (χ0v) is 38.1. The van der Waals surface area contributed by atoms with Crippen LogP contribution in [0.25, 0.3) is 0 Å². The third kappa shape index (κ3) is 22.5. The third-order valence-electron chi connectivity index (χ3n) is 12.1. The van der Waals surface area contributed by atoms with E-state index >= 15 is 0 Å². The standard InChI is InChI=1S/C20H38O4.C16H26O2.C9H15F3O2.6CH4/c1-11-19(7,8)17(22)23-15(12-14(2)3)13-20(9,10)24-16(21)18(4,5)6;1-4-15(2,3)14(17)18-16-8-11-5-12(9-16)7-13(6-11)10-16;1-5-8(3,4)7(13)14-6(2)9(10,11)12;;;;;;/h14-15H,11-13H2,1-10H3;11-13H,4-10H2,1-3H3;6H,5H2,1-4H3;6*1H4. The molecule has 0 amide bonds. The molecule has 2 atom stereocenters. The number of carbonyl (C=O) groups is 4. The quantitative estimate of drug-likeness (QED) is 0.125. The van der Waals surface area contributed by atoms with Crippen molar-refractivity contribution in [2.75, 3.05) is 0 Å². The van der Waals surface area contributed by atoms with Gasteiger partial charge in [-0.25, -0.2) is 0 Å². The molecule has 0 N–H and O–H groups in total. The molecule has 0 aromatic carbocycles. The molecule has 0 aromatic rings. The van der Waals surface area contributed by atoms with Gasteiger partial charge >= 0.3 is 30.1 Å². The predicted octanol–water partition coefficient (Wildman–Crippen LogP) is 15.8. The summed E-state index contributed by atoms with van der Waals surface area (Å²) in [5.74, 6) is 1.71. The molecule has 11 heteroatoms. The van der Waals surface area contributed by atoms with Crippen LogP contribution in [0.1, 0.15) is 233 Å². The molecule has 0 saturated heterocycles. The summed E-state index contributed by atoms with van der Waals surface area (Å²) >= 11 is 0. The van der Waals surface area contributed by atoms with Gasteiger partial charge in [0.05, 0.1) is 21.7 Å². The molecule has 2 unspecified atom stereocenters. The zero-order valence-electron chi connectivity index (χ0n) is 38.1. The fraction of sp³-hybridized carbons (Fsp3) is 0.922. The van der Waals surface area contributed by atoms with Crippen LogP contribution in [0.15, 0.2) is 0 Å². The van der Waals surface area contributed by atoms with Gasteiger partial charge in [0.25, 0.3) is 0 Å². The average molecular weight is 901 g/mol. The van der Waals surface area contributed by atoms with Crippen molar-refractivity contribution in [3.8, 4) is 0 Å². The van der Waals surface area contributed by atoms with Gasteiger partial charge in [-0.1, -0.05) is 79.2 Å². The monoisotopic (exact) mass is 901 g/mol. The molecule has 4 rings (SSSR count). The topological polar surface area (TPSA) is 105 Å². The third-order valence-corrected chi connectivity index (χ3v) is 12.1. The Morgan fingerprint density at radius 2 is 0.903 bits per heavy atom. The Kier molecular flexibility index (Phi) is 31.3. The molecule has 0 aliphatic heterocycles. The van der Waals surface area contributed by atoms with Crippen molar-refractivity contribution in [2.45, 2.75) is 262 Å². The number of halogens is 3. The molecule has 4 bridgehead atoms. The largest absolute Gasteiger partial charge is 0.462 e. The van der Waals surface area contributed by atoms with E-state index in [1.54, 1.807) is 20.8 Å². The van der Waals surface area contributed by atoms with Crippen LogP contribution < -0.4 is 0 Å². The summed E-state index contributed by atoms with van der Waals surface area (Å²) in [5, 5.41) is 0. The van der Waals surface area contributed by atoms with Gasteiger partial charge in [-0.2, -0.15) is 13.2 Å². The van der Waals surface area contributed by atoms with Crippen molar-refractivity contribution >= 4 is 23.9 Å². The predicted molar refractivity (Wildman–Crippen MR) is 255 cm³/mol. The van der Waals surface area contributed by atoms with Gasteiger partial charge in [-0.05, 0) is 171 Å². The van der Waals surface area contributed by atoms with E-state index in [1.807, 2.05) is 69.2 Å². The van der Waals surface area contributed by atoms with Gasteiger partial charge in [0, 0.05) is 6.42 Å². The lowest BCUT2D eigenvalue weighted by atomic mass is 9.54. The Morgan fingerprint density at radius 3 is 1.21 bits per heavy atom. The summed E-state index contributed by atoms with van der Waals surface area (Å²) in [4.78, 5) is 48.2. The van der Waals surface area contributed by atoms with Gasteiger partial charge in [-0.15, -0.1) is 0 Å². The molecular weight excluding hydrogens is 798 g/mol. The maximum absolute atomic E-state index is 12.4. The first-order valence-electron chi connectivity index (χ1n) is 21.1. The second kappa shape index (κ2) is 27.2. The minimum Gasteiger partial charge on any atom is -0.462 e. The summed E-state index contributed by atoms with van der Waals surface area (Å²) in [5.41, 5.74) is -2.98. The van der Waals surface area contributed by atoms with Gasteiger partial charge < -0.3 is 18.9 Å². The Hall–Kier alpha value is -2.33. The van der Waals surface area contributed by atoms with Crippen LogP contribution in [0.5, 0.6) is 0 Å². The lowest BCUT2D eigenvalue weighted by Gasteiger charge is -2.56. The van der Waals surface area contributed by atoms with Crippen LogP contribution in [-0.2, 0) is 38.1 Å². The highest BCUT2D eigenvalue weighted by Crippen LogP contribution is 2.57. The normalized spacial score (nSPS) is 21.2. The Balaban J connectivity index is -0.000000186. The van der Waals surface area contributed by atoms with Crippen LogP contribution in [0.2, 0.25) is 0 Å². The average Bonchev–Trinajstić information content (AvgIpc) is 3.02. The molecule has 376 valence electrons. The lowest BCUT2D eigenvalue weighted by molar-refractivity contribution is -0.221. The Bertz CT molecular complexity index is 1270. The van der Waals surface area contributed by atoms with Gasteiger partial charge in [-0.3, -0.25) is 19.2 Å². The lowest BCUT2D eigenvalue weighted by Crippen LogP contribution is -2.53. The molecular formula is C51H103F3O8. The number of carbonyl (C=O) groups excluding carboxylic acids is 4. The fourth-order valence-corrected chi connectivity index (χ4v) is 7.31. The molecule has 0 radical (unpaired) electrons. The fourth-order valence-electron chi connectivity index (χ4n) is 7.31. The van der Waals surface area contributed by atoms with Crippen molar-refractivity contribution in [3.63, 3.8) is 0 Å². The number of esters is 4. The highest BCUT2D eigenvalue weighted by Gasteiger charge is 2.54. The van der Waals surface area contributed by atoms with Crippen LogP contribution >= 0.6 is 0 Å². The van der Waals surface area contributed by atoms with Crippen molar-refractivity contribution in [1.29, 1.82) is 0 Å². The van der Waals surface area contributed by atoms with Crippen molar-refractivity contribution in [2.24, 2.45) is 45.3 Å². The van der Waals surface area contributed by atoms with Crippen molar-refractivity contribution in [1.82, 2.24) is 0 Å². The van der Waals surface area contributed by atoms with E-state index in [4.69, 9.17) is 14.2 Å². The zero-order chi connectivity index (χ0) is 43.9. The second-order valence-electron chi connectivity index (χ2n) is 21.1. The van der Waals surface area contributed by atoms with E-state index < -0.39 is 40.1 Å². The molecule has 62 heavy (non-hydrogen) atoms. The number of rotatable bonds is 14. The number of alkyl halides is 3. The highest BCUT2D eigenvalue weighted by atomic mass is 19.4. The summed E-state index contributed by atoms with van der Waals surface area (Å²) in [7, 11) is 0. The van der Waals surface area contributed by atoms with E-state index in [2.05, 4.69) is 25.5 Å². The maximum Gasteiger partial charge on any atom is 0.425 e. The Morgan fingerprint density at radius 1 is 0.565 bits per heavy atom. The van der Waals surface area contributed by atoms with Gasteiger partial charge in [0.2, 0.25) is 0 Å². The molecule has 0 heterocycles. The summed E-state index contributed by atoms with van der Waals surface area (Å²) < 4.78 is 57.9. The minimum atomic E-state index is -4.49. The Labute approximate surface area is 382 Å². The first-order chi connectivity index (χ1) is 25.1. The SMILES string of the molecule is C.C.C.C.C.C.CCC(C)(C)C(=O)OC(C)C(F)(F)F.CCC(C)(C)C(=O)OC(CC(C)C)CC(C)(C)OC(=O)C(C)(C)C.CCC(C)(C)C(=O)OC12CC3CC(CC(C3)C1)C2. The number of hydrogen-bond acceptors (Lipinski definition) is 8. The maximum atomic E-state index is 12.4. The van der Waals surface area contributed by atoms with Crippen LogP contribution in [-0.4, -0.2) is 53.5 Å². The van der Waals surface area contributed by atoms with Crippen molar-refractivity contribution < 1.29 is 51.3 Å². The molecule has 4 aliphatic rings. The molecule has 8 nitrogen and oxygen atoms in total. The van der Waals surface area contributed by atoms with Crippen molar-refractivity contribution in [3.05, 3.63) is 0 Å². The first-order valence-corrected chi connectivity index (χ1v) is 21.1. The highest BCUT2D eigenvalue weighted by molar-refractivity contribution is 5.77. The summed E-state index contributed by atoms with van der Waals surface area (Å²) in [6.07, 6.45) is 4.11. The number of ether oxygens (including phenoxy) is 4. The molecule has 0 aromatic heterocycles. The van der Waals surface area contributed by atoms with E-state index in [0.717, 1.165) is 63.2 Å². The van der Waals surface area contributed by atoms with Crippen LogP contribution in [0.4, 0.5) is 13.2 Å². The van der Waals surface area contributed by atoms with E-state index in [1.165, 1.54) is 19.3 Å². The smallest absolute Gasteiger partial charge is 0.425 e. The molecule has 0 spiro atoms. The first kappa shape index (κ1) is 71.3. The van der Waals surface area contributed by atoms with E-state index in [0.29, 0.717) is 18.8 Å².